The molecule has 6 rings (SSSR count). The van der Waals surface area contributed by atoms with E-state index < -0.39 is 29.5 Å². The molecule has 182 valence electrons. The maximum Gasteiger partial charge on any atom is 0.341 e. The molecule has 5 aliphatic rings. The molecule has 4 saturated heterocycles. The highest BCUT2D eigenvalue weighted by molar-refractivity contribution is 6.30. The first-order valence-electron chi connectivity index (χ1n) is 12.1. The van der Waals surface area contributed by atoms with E-state index in [0.29, 0.717) is 29.7 Å². The van der Waals surface area contributed by atoms with Crippen LogP contribution in [0.1, 0.15) is 69.7 Å². The molecule has 1 aromatic rings. The first-order chi connectivity index (χ1) is 15.7. The molecule has 0 aromatic heterocycles. The van der Waals surface area contributed by atoms with Crippen LogP contribution in [0, 0.1) is 29.5 Å². The molecule has 0 amide bonds. The summed E-state index contributed by atoms with van der Waals surface area (Å²) >= 11 is 5.87. The van der Waals surface area contributed by atoms with E-state index in [4.69, 9.17) is 35.6 Å². The molecular formula is C25H32ClFO6. The lowest BCUT2D eigenvalue weighted by molar-refractivity contribution is -0.571. The third-order valence-corrected chi connectivity index (χ3v) is 8.54. The van der Waals surface area contributed by atoms with Gasteiger partial charge >= 0.3 is 5.97 Å². The van der Waals surface area contributed by atoms with Crippen molar-refractivity contribution >= 4 is 17.6 Å². The highest BCUT2D eigenvalue weighted by Gasteiger charge is 2.69. The van der Waals surface area contributed by atoms with Crippen molar-refractivity contribution in [3.63, 3.8) is 0 Å². The lowest BCUT2D eigenvalue weighted by atomic mass is 9.57. The smallest absolute Gasteiger partial charge is 0.341 e. The van der Waals surface area contributed by atoms with E-state index in [1.165, 1.54) is 12.1 Å². The Bertz CT molecular complexity index is 913. The third-order valence-electron chi connectivity index (χ3n) is 8.31. The molecule has 8 atom stereocenters. The molecule has 1 unspecified atom stereocenters. The third kappa shape index (κ3) is 4.00. The van der Waals surface area contributed by atoms with E-state index in [9.17, 15) is 9.18 Å². The second-order valence-corrected chi connectivity index (χ2v) is 10.8. The summed E-state index contributed by atoms with van der Waals surface area (Å²) < 4.78 is 32.1. The van der Waals surface area contributed by atoms with E-state index in [0.717, 1.165) is 31.7 Å². The fraction of sp³-hybridized carbons (Fsp3) is 0.720. The van der Waals surface area contributed by atoms with Crippen LogP contribution in [0.2, 0.25) is 5.02 Å². The van der Waals surface area contributed by atoms with Gasteiger partial charge in [0.25, 0.3) is 0 Å². The Morgan fingerprint density at radius 3 is 2.85 bits per heavy atom. The second kappa shape index (κ2) is 8.76. The van der Waals surface area contributed by atoms with Gasteiger partial charge in [0.2, 0.25) is 5.79 Å². The number of rotatable bonds is 5. The number of carbonyl (C=O) groups is 1. The number of ether oxygens (including phenoxy) is 3. The molecule has 2 bridgehead atoms. The Labute approximate surface area is 198 Å². The van der Waals surface area contributed by atoms with E-state index in [1.54, 1.807) is 0 Å². The lowest BCUT2D eigenvalue weighted by Gasteiger charge is -2.60. The summed E-state index contributed by atoms with van der Waals surface area (Å²) in [5.41, 5.74) is -0.720. The zero-order valence-corrected chi connectivity index (χ0v) is 20.1. The molecule has 4 heterocycles. The monoisotopic (exact) mass is 482 g/mol. The van der Waals surface area contributed by atoms with Crippen LogP contribution in [-0.2, 0) is 24.0 Å². The van der Waals surface area contributed by atoms with Crippen LogP contribution in [0.4, 0.5) is 4.39 Å². The van der Waals surface area contributed by atoms with Crippen molar-refractivity contribution in [3.05, 3.63) is 34.6 Å². The zero-order valence-electron chi connectivity index (χ0n) is 19.4. The molecule has 1 aliphatic carbocycles. The Morgan fingerprint density at radius 2 is 2.03 bits per heavy atom. The molecule has 33 heavy (non-hydrogen) atoms. The minimum Gasteiger partial charge on any atom is -0.462 e. The van der Waals surface area contributed by atoms with Crippen LogP contribution in [0.15, 0.2) is 18.2 Å². The van der Waals surface area contributed by atoms with Crippen LogP contribution < -0.4 is 0 Å². The number of fused-ring (bicyclic) bond motifs is 2. The fourth-order valence-electron chi connectivity index (χ4n) is 6.49. The van der Waals surface area contributed by atoms with Gasteiger partial charge in [-0.1, -0.05) is 25.4 Å². The highest BCUT2D eigenvalue weighted by Crippen LogP contribution is 2.60. The van der Waals surface area contributed by atoms with Crippen molar-refractivity contribution in [2.45, 2.75) is 83.1 Å². The Balaban J connectivity index is 1.24. The van der Waals surface area contributed by atoms with Crippen LogP contribution in [0.25, 0.3) is 0 Å². The molecule has 1 spiro atoms. The number of benzene rings is 1. The Hall–Kier alpha value is -1.25. The first kappa shape index (κ1) is 23.5. The van der Waals surface area contributed by atoms with Gasteiger partial charge in [-0.25, -0.2) is 19.0 Å². The SMILES string of the molecule is C[C@H]1[C@@H](CCCOC(=O)c2cc(Cl)ccc2F)OC2O[C@]3(C)CC[C@H]4[C@H](C)CC[C@@H]1[C@@]24OO3. The Kier molecular flexibility index (Phi) is 6.23. The van der Waals surface area contributed by atoms with Crippen molar-refractivity contribution in [3.8, 4) is 0 Å². The molecular weight excluding hydrogens is 451 g/mol. The summed E-state index contributed by atoms with van der Waals surface area (Å²) in [6.07, 6.45) is 4.77. The summed E-state index contributed by atoms with van der Waals surface area (Å²) in [5.74, 6) is -0.772. The van der Waals surface area contributed by atoms with Gasteiger partial charge in [0, 0.05) is 17.4 Å². The molecule has 0 N–H and O–H groups in total. The van der Waals surface area contributed by atoms with Crippen molar-refractivity contribution in [1.82, 2.24) is 0 Å². The molecule has 0 radical (unpaired) electrons. The fourth-order valence-corrected chi connectivity index (χ4v) is 6.66. The van der Waals surface area contributed by atoms with Crippen LogP contribution in [0.5, 0.6) is 0 Å². The van der Waals surface area contributed by atoms with E-state index in [1.807, 2.05) is 6.92 Å². The minimum absolute atomic E-state index is 0.0483. The number of hydrogen-bond acceptors (Lipinski definition) is 6. The summed E-state index contributed by atoms with van der Waals surface area (Å²) in [4.78, 5) is 24.3. The molecule has 1 aromatic carbocycles. The second-order valence-electron chi connectivity index (χ2n) is 10.3. The number of hydrogen-bond donors (Lipinski definition) is 0. The molecule has 5 fully saturated rings. The largest absolute Gasteiger partial charge is 0.462 e. The van der Waals surface area contributed by atoms with Crippen LogP contribution in [0.3, 0.4) is 0 Å². The summed E-state index contributed by atoms with van der Waals surface area (Å²) in [6.45, 7) is 6.60. The van der Waals surface area contributed by atoms with E-state index in [-0.39, 0.29) is 30.1 Å². The summed E-state index contributed by atoms with van der Waals surface area (Å²) in [7, 11) is 0. The summed E-state index contributed by atoms with van der Waals surface area (Å²) in [6, 6.07) is 3.85. The topological polar surface area (TPSA) is 63.2 Å². The van der Waals surface area contributed by atoms with Crippen molar-refractivity contribution in [1.29, 1.82) is 0 Å². The van der Waals surface area contributed by atoms with Gasteiger partial charge in [0.1, 0.15) is 5.82 Å². The van der Waals surface area contributed by atoms with E-state index in [2.05, 4.69) is 13.8 Å². The van der Waals surface area contributed by atoms with Gasteiger partial charge in [-0.2, -0.15) is 0 Å². The molecule has 6 nitrogen and oxygen atoms in total. The maximum absolute atomic E-state index is 13.9. The molecule has 4 aliphatic heterocycles. The van der Waals surface area contributed by atoms with Crippen molar-refractivity contribution < 1.29 is 33.2 Å². The van der Waals surface area contributed by atoms with Crippen molar-refractivity contribution in [2.24, 2.45) is 23.7 Å². The van der Waals surface area contributed by atoms with Gasteiger partial charge in [0.05, 0.1) is 18.3 Å². The standard InChI is InChI=1S/C25H32ClFO6/c1-14-6-8-19-15(2)21(5-4-12-29-22(28)17-13-16(26)7-9-20(17)27)30-23-25(19)18(14)10-11-24(3,31-23)32-33-25/h7,9,13-15,18-19,21,23H,4-6,8,10-12H2,1-3H3/t14-,15-,18+,19+,21-,23?,24+,25-/m1/s1. The number of halogens is 2. The quantitative estimate of drug-likeness (QED) is 0.306. The van der Waals surface area contributed by atoms with Gasteiger partial charge in [-0.05, 0) is 75.0 Å². The van der Waals surface area contributed by atoms with Crippen LogP contribution >= 0.6 is 11.6 Å². The maximum atomic E-state index is 13.9. The summed E-state index contributed by atoms with van der Waals surface area (Å²) in [5, 5.41) is 0.291. The minimum atomic E-state index is -0.792. The van der Waals surface area contributed by atoms with Gasteiger partial charge in [-0.3, -0.25) is 0 Å². The average Bonchev–Trinajstić information content (AvgIpc) is 3.02. The van der Waals surface area contributed by atoms with Gasteiger partial charge in [-0.15, -0.1) is 0 Å². The molecule has 1 saturated carbocycles. The van der Waals surface area contributed by atoms with Crippen molar-refractivity contribution in [2.75, 3.05) is 6.61 Å². The van der Waals surface area contributed by atoms with E-state index >= 15 is 0 Å². The lowest BCUT2D eigenvalue weighted by Crippen LogP contribution is -2.70. The first-order valence-corrected chi connectivity index (χ1v) is 12.4. The normalized spacial score (nSPS) is 41.8. The zero-order chi connectivity index (χ0) is 23.4. The van der Waals surface area contributed by atoms with Gasteiger partial charge < -0.3 is 14.2 Å². The predicted octanol–water partition coefficient (Wildman–Crippen LogP) is 5.67. The number of carbonyl (C=O) groups excluding carboxylic acids is 1. The Morgan fingerprint density at radius 1 is 1.21 bits per heavy atom. The molecule has 8 heteroatoms. The predicted molar refractivity (Wildman–Crippen MR) is 118 cm³/mol. The number of esters is 1. The van der Waals surface area contributed by atoms with Gasteiger partial charge in [0.15, 0.2) is 11.9 Å². The average molecular weight is 483 g/mol. The van der Waals surface area contributed by atoms with Crippen LogP contribution in [-0.4, -0.2) is 36.4 Å². The highest BCUT2D eigenvalue weighted by atomic mass is 35.5.